The Bertz CT molecular complexity index is 1030. The van der Waals surface area contributed by atoms with Crippen LogP contribution in [0, 0.1) is 5.82 Å². The molecule has 2 aromatic carbocycles. The van der Waals surface area contributed by atoms with Crippen molar-refractivity contribution in [3.63, 3.8) is 0 Å². The molecule has 0 radical (unpaired) electrons. The van der Waals surface area contributed by atoms with Crippen molar-refractivity contribution in [2.24, 2.45) is 0 Å². The molecule has 2 aromatic rings. The lowest BCUT2D eigenvalue weighted by molar-refractivity contribution is -0.140. The van der Waals surface area contributed by atoms with Gasteiger partial charge in [0.2, 0.25) is 0 Å². The Kier molecular flexibility index (Phi) is 7.53. The van der Waals surface area contributed by atoms with Crippen LogP contribution in [0.15, 0.2) is 48.0 Å². The summed E-state index contributed by atoms with van der Waals surface area (Å²) >= 11 is 6.11. The van der Waals surface area contributed by atoms with Gasteiger partial charge in [-0.1, -0.05) is 37.6 Å². The number of aliphatic hydroxyl groups excluding tert-OH is 1. The van der Waals surface area contributed by atoms with E-state index >= 15 is 0 Å². The van der Waals surface area contributed by atoms with Crippen molar-refractivity contribution >= 4 is 29.1 Å². The highest BCUT2D eigenvalue weighted by molar-refractivity contribution is 6.46. The second-order valence-corrected chi connectivity index (χ2v) is 7.85. The van der Waals surface area contributed by atoms with Crippen molar-refractivity contribution in [2.45, 2.75) is 19.9 Å². The average Bonchev–Trinajstić information content (AvgIpc) is 3.04. The molecular weight excluding hydrogens is 435 g/mol. The Morgan fingerprint density at radius 2 is 1.81 bits per heavy atom. The van der Waals surface area contributed by atoms with E-state index in [0.29, 0.717) is 22.9 Å². The van der Waals surface area contributed by atoms with Crippen molar-refractivity contribution in [3.8, 4) is 5.75 Å². The molecule has 3 rings (SSSR count). The Morgan fingerprint density at radius 3 is 2.41 bits per heavy atom. The normalized spacial score (nSPS) is 17.9. The number of carbonyl (C=O) groups is 2. The highest BCUT2D eigenvalue weighted by Crippen LogP contribution is 2.41. The Labute approximate surface area is 191 Å². The lowest BCUT2D eigenvalue weighted by atomic mass is 9.95. The standard InChI is InChI=1S/C24H26ClFN2O4/c1-4-27(5-2)12-13-28-21(15-6-9-17(26)10-7-15)20(23(30)24(28)31)22(29)18-14-16(25)8-11-19(18)32-3/h6-11,14,21,29H,4-5,12-13H2,1-3H3/b22-20+. The first-order valence-electron chi connectivity index (χ1n) is 10.4. The summed E-state index contributed by atoms with van der Waals surface area (Å²) in [6, 6.07) is 9.32. The van der Waals surface area contributed by atoms with Crippen LogP contribution < -0.4 is 4.74 Å². The fraction of sp³-hybridized carbons (Fsp3) is 0.333. The minimum atomic E-state index is -0.866. The molecule has 1 atom stereocenters. The van der Waals surface area contributed by atoms with E-state index in [4.69, 9.17) is 16.3 Å². The molecule has 1 amide bonds. The molecule has 1 N–H and O–H groups in total. The number of hydrogen-bond donors (Lipinski definition) is 1. The summed E-state index contributed by atoms with van der Waals surface area (Å²) < 4.78 is 18.9. The van der Waals surface area contributed by atoms with E-state index in [2.05, 4.69) is 4.90 Å². The number of likely N-dealkylation sites (N-methyl/N-ethyl adjacent to an activating group) is 1. The van der Waals surface area contributed by atoms with Crippen molar-refractivity contribution in [3.05, 3.63) is 70.0 Å². The highest BCUT2D eigenvalue weighted by atomic mass is 35.5. The van der Waals surface area contributed by atoms with Crippen LogP contribution in [0.5, 0.6) is 5.75 Å². The van der Waals surface area contributed by atoms with E-state index in [-0.39, 0.29) is 23.4 Å². The van der Waals surface area contributed by atoms with Crippen molar-refractivity contribution in [1.82, 2.24) is 9.80 Å². The largest absolute Gasteiger partial charge is 0.507 e. The third-order valence-corrected chi connectivity index (χ3v) is 5.93. The number of likely N-dealkylation sites (tertiary alicyclic amines) is 1. The number of ether oxygens (including phenoxy) is 1. The maximum atomic E-state index is 13.6. The maximum absolute atomic E-state index is 13.6. The molecule has 8 heteroatoms. The van der Waals surface area contributed by atoms with Crippen LogP contribution in [0.3, 0.4) is 0 Å². The second kappa shape index (κ2) is 10.1. The molecule has 1 aliphatic heterocycles. The van der Waals surface area contributed by atoms with Gasteiger partial charge in [-0.2, -0.15) is 0 Å². The summed E-state index contributed by atoms with van der Waals surface area (Å²) in [5.41, 5.74) is 0.642. The summed E-state index contributed by atoms with van der Waals surface area (Å²) in [4.78, 5) is 29.6. The number of Topliss-reactive ketones (excluding diaryl/α,β-unsaturated/α-hetero) is 1. The first-order chi connectivity index (χ1) is 15.3. The smallest absolute Gasteiger partial charge is 0.295 e. The minimum absolute atomic E-state index is 0.0817. The number of rotatable bonds is 8. The Morgan fingerprint density at radius 1 is 1.16 bits per heavy atom. The molecule has 170 valence electrons. The van der Waals surface area contributed by atoms with Crippen LogP contribution in [-0.4, -0.2) is 59.9 Å². The third-order valence-electron chi connectivity index (χ3n) is 5.69. The monoisotopic (exact) mass is 460 g/mol. The fourth-order valence-corrected chi connectivity index (χ4v) is 4.07. The van der Waals surface area contributed by atoms with Crippen LogP contribution in [0.1, 0.15) is 31.0 Å². The quantitative estimate of drug-likeness (QED) is 0.362. The zero-order chi connectivity index (χ0) is 23.4. The molecule has 0 saturated carbocycles. The zero-order valence-corrected chi connectivity index (χ0v) is 19.0. The fourth-order valence-electron chi connectivity index (χ4n) is 3.90. The lowest BCUT2D eigenvalue weighted by Gasteiger charge is -2.28. The van der Waals surface area contributed by atoms with Gasteiger partial charge in [0.25, 0.3) is 11.7 Å². The van der Waals surface area contributed by atoms with Gasteiger partial charge in [0.1, 0.15) is 17.3 Å². The number of amides is 1. The van der Waals surface area contributed by atoms with Gasteiger partial charge in [-0.3, -0.25) is 9.59 Å². The van der Waals surface area contributed by atoms with Crippen LogP contribution in [0.2, 0.25) is 5.02 Å². The van der Waals surface area contributed by atoms with Gasteiger partial charge in [-0.05, 0) is 49.0 Å². The Balaban J connectivity index is 2.15. The number of halogens is 2. The average molecular weight is 461 g/mol. The van der Waals surface area contributed by atoms with E-state index < -0.39 is 23.5 Å². The van der Waals surface area contributed by atoms with Crippen LogP contribution in [0.25, 0.3) is 5.76 Å². The third kappa shape index (κ3) is 4.64. The van der Waals surface area contributed by atoms with Gasteiger partial charge in [0.15, 0.2) is 0 Å². The van der Waals surface area contributed by atoms with Crippen molar-refractivity contribution in [2.75, 3.05) is 33.3 Å². The number of benzene rings is 2. The van der Waals surface area contributed by atoms with E-state index in [1.807, 2.05) is 13.8 Å². The van der Waals surface area contributed by atoms with Gasteiger partial charge < -0.3 is 19.6 Å². The van der Waals surface area contributed by atoms with Crippen LogP contribution in [0.4, 0.5) is 4.39 Å². The first-order valence-corrected chi connectivity index (χ1v) is 10.8. The van der Waals surface area contributed by atoms with E-state index in [0.717, 1.165) is 13.1 Å². The molecule has 1 aliphatic rings. The predicted octanol–water partition coefficient (Wildman–Crippen LogP) is 4.25. The topological polar surface area (TPSA) is 70.1 Å². The van der Waals surface area contributed by atoms with E-state index in [1.54, 1.807) is 12.1 Å². The SMILES string of the molecule is CCN(CC)CCN1C(=O)C(=O)/C(=C(/O)c2cc(Cl)ccc2OC)C1c1ccc(F)cc1. The minimum Gasteiger partial charge on any atom is -0.507 e. The molecular formula is C24H26ClFN2O4. The van der Waals surface area contributed by atoms with Gasteiger partial charge in [0.05, 0.1) is 24.3 Å². The predicted molar refractivity (Wildman–Crippen MR) is 121 cm³/mol. The molecule has 0 aromatic heterocycles. The van der Waals surface area contributed by atoms with E-state index in [9.17, 15) is 19.1 Å². The molecule has 32 heavy (non-hydrogen) atoms. The molecule has 1 unspecified atom stereocenters. The van der Waals surface area contributed by atoms with Gasteiger partial charge in [-0.25, -0.2) is 4.39 Å². The number of hydrogen-bond acceptors (Lipinski definition) is 5. The summed E-state index contributed by atoms with van der Waals surface area (Å²) in [7, 11) is 1.43. The van der Waals surface area contributed by atoms with Crippen molar-refractivity contribution in [1.29, 1.82) is 0 Å². The number of carbonyl (C=O) groups excluding carboxylic acids is 2. The summed E-state index contributed by atoms with van der Waals surface area (Å²) in [5.74, 6) is -2.04. The number of ketones is 1. The first kappa shape index (κ1) is 23.8. The molecule has 6 nitrogen and oxygen atoms in total. The molecule has 1 fully saturated rings. The molecule has 1 saturated heterocycles. The van der Waals surface area contributed by atoms with Gasteiger partial charge in [0, 0.05) is 18.1 Å². The molecule has 0 bridgehead atoms. The van der Waals surface area contributed by atoms with Crippen LogP contribution in [-0.2, 0) is 9.59 Å². The number of nitrogens with zero attached hydrogens (tertiary/aromatic N) is 2. The molecule has 0 aliphatic carbocycles. The van der Waals surface area contributed by atoms with Gasteiger partial charge in [-0.15, -0.1) is 0 Å². The Hall–Kier alpha value is -2.90. The van der Waals surface area contributed by atoms with Crippen molar-refractivity contribution < 1.29 is 23.8 Å². The van der Waals surface area contributed by atoms with Gasteiger partial charge >= 0.3 is 0 Å². The summed E-state index contributed by atoms with van der Waals surface area (Å²) in [6.45, 7) is 6.44. The summed E-state index contributed by atoms with van der Waals surface area (Å²) in [5, 5.41) is 11.5. The van der Waals surface area contributed by atoms with E-state index in [1.165, 1.54) is 42.3 Å². The van der Waals surface area contributed by atoms with Crippen LogP contribution >= 0.6 is 11.6 Å². The molecule has 0 spiro atoms. The highest BCUT2D eigenvalue weighted by Gasteiger charge is 2.46. The lowest BCUT2D eigenvalue weighted by Crippen LogP contribution is -2.38. The second-order valence-electron chi connectivity index (χ2n) is 7.42. The maximum Gasteiger partial charge on any atom is 0.295 e. The number of aliphatic hydroxyl groups is 1. The zero-order valence-electron chi connectivity index (χ0n) is 18.3. The summed E-state index contributed by atoms with van der Waals surface area (Å²) in [6.07, 6.45) is 0. The molecule has 1 heterocycles. The number of methoxy groups -OCH3 is 1.